The Balaban J connectivity index is -0.000000167. The minimum atomic E-state index is -4.71. The van der Waals surface area contributed by atoms with E-state index in [2.05, 4.69) is 0 Å². The van der Waals surface area contributed by atoms with Crippen molar-refractivity contribution < 1.29 is 25.9 Å². The molecule has 0 aliphatic rings. The zero-order chi connectivity index (χ0) is 9.28. The SMILES string of the molecule is CCC(S(=O)(=O)O)S(=O)(=O)O.[NaH].[NaH].[NaH]. The standard InChI is InChI=1S/C3H8O6S2.3Na.3H/c1-2-3(10(4,5)6)11(7,8)9;;;;;;/h3H,2H2,1H3,(H,4,5,6)(H,7,8,9);;;;;;. The maximum absolute atomic E-state index is 10.2. The predicted molar refractivity (Wildman–Crippen MR) is 58.6 cm³/mol. The van der Waals surface area contributed by atoms with Gasteiger partial charge in [0, 0.05) is 0 Å². The van der Waals surface area contributed by atoms with Crippen LogP contribution in [-0.4, -0.2) is 119 Å². The normalized spacial score (nSPS) is 10.9. The van der Waals surface area contributed by atoms with Gasteiger partial charge in [0.2, 0.25) is 4.58 Å². The first-order valence-corrected chi connectivity index (χ1v) is 5.63. The van der Waals surface area contributed by atoms with Gasteiger partial charge in [0.05, 0.1) is 0 Å². The van der Waals surface area contributed by atoms with E-state index in [1.165, 1.54) is 6.92 Å². The van der Waals surface area contributed by atoms with Gasteiger partial charge in [-0.25, -0.2) is 0 Å². The second-order valence-electron chi connectivity index (χ2n) is 1.87. The topological polar surface area (TPSA) is 109 Å². The average Bonchev–Trinajstić information content (AvgIpc) is 1.56. The van der Waals surface area contributed by atoms with Crippen molar-refractivity contribution in [2.24, 2.45) is 0 Å². The van der Waals surface area contributed by atoms with Crippen molar-refractivity contribution in [1.29, 1.82) is 0 Å². The molecule has 0 amide bonds. The van der Waals surface area contributed by atoms with Gasteiger partial charge in [-0.1, -0.05) is 6.92 Å². The van der Waals surface area contributed by atoms with E-state index < -0.39 is 31.2 Å². The summed E-state index contributed by atoms with van der Waals surface area (Å²) in [6.45, 7) is 1.21. The summed E-state index contributed by atoms with van der Waals surface area (Å²) in [5.74, 6) is 0. The Labute approximate surface area is 150 Å². The maximum atomic E-state index is 10.2. The molecule has 6 nitrogen and oxygen atoms in total. The van der Waals surface area contributed by atoms with Gasteiger partial charge in [0.1, 0.15) is 0 Å². The molecule has 0 bridgehead atoms. The second kappa shape index (κ2) is 9.81. The summed E-state index contributed by atoms with van der Waals surface area (Å²) < 4.78 is 55.3. The summed E-state index contributed by atoms with van der Waals surface area (Å²) in [6.07, 6.45) is -0.391. The predicted octanol–water partition coefficient (Wildman–Crippen LogP) is -2.45. The van der Waals surface area contributed by atoms with E-state index in [0.29, 0.717) is 0 Å². The molecule has 0 spiro atoms. The number of hydrogen-bond donors (Lipinski definition) is 2. The van der Waals surface area contributed by atoms with Gasteiger partial charge in [-0.15, -0.1) is 0 Å². The molecule has 0 fully saturated rings. The van der Waals surface area contributed by atoms with Crippen LogP contribution >= 0.6 is 0 Å². The monoisotopic (exact) mass is 276 g/mol. The number of rotatable bonds is 3. The first-order chi connectivity index (χ1) is 4.69. The zero-order valence-electron chi connectivity index (χ0n) is 5.63. The minimum absolute atomic E-state index is 0. The molecule has 0 aliphatic carbocycles. The van der Waals surface area contributed by atoms with Crippen LogP contribution in [0.1, 0.15) is 13.3 Å². The van der Waals surface area contributed by atoms with Gasteiger partial charge in [-0.3, -0.25) is 9.11 Å². The van der Waals surface area contributed by atoms with Crippen LogP contribution < -0.4 is 0 Å². The van der Waals surface area contributed by atoms with Crippen LogP contribution in [0.2, 0.25) is 0 Å². The van der Waals surface area contributed by atoms with Crippen molar-refractivity contribution in [3.8, 4) is 0 Å². The van der Waals surface area contributed by atoms with E-state index in [1.807, 2.05) is 0 Å². The molecule has 2 N–H and O–H groups in total. The molecule has 0 aromatic carbocycles. The van der Waals surface area contributed by atoms with Crippen molar-refractivity contribution in [2.45, 2.75) is 17.9 Å². The van der Waals surface area contributed by atoms with Crippen LogP contribution in [0, 0.1) is 0 Å². The molecule has 0 aliphatic heterocycles. The van der Waals surface area contributed by atoms with Gasteiger partial charge in [-0.05, 0) is 6.42 Å². The Hall–Kier alpha value is 2.82. The quantitative estimate of drug-likeness (QED) is 0.437. The van der Waals surface area contributed by atoms with Gasteiger partial charge in [-0.2, -0.15) is 16.8 Å². The van der Waals surface area contributed by atoms with Crippen molar-refractivity contribution in [3.05, 3.63) is 0 Å². The molecule has 0 saturated heterocycles. The summed E-state index contributed by atoms with van der Waals surface area (Å²) in [6, 6.07) is 0. The van der Waals surface area contributed by atoms with Crippen molar-refractivity contribution >= 4 is 109 Å². The molecule has 0 atom stereocenters. The Bertz CT molecular complexity index is 288. The fourth-order valence-electron chi connectivity index (χ4n) is 0.575. The van der Waals surface area contributed by atoms with Crippen LogP contribution in [0.5, 0.6) is 0 Å². The fraction of sp³-hybridized carbons (Fsp3) is 1.00. The zero-order valence-corrected chi connectivity index (χ0v) is 7.26. The molecule has 0 aromatic rings. The van der Waals surface area contributed by atoms with Crippen LogP contribution in [0.25, 0.3) is 0 Å². The van der Waals surface area contributed by atoms with Gasteiger partial charge in [0.25, 0.3) is 20.2 Å². The molecule has 74 valence electrons. The Morgan fingerprint density at radius 3 is 1.14 bits per heavy atom. The summed E-state index contributed by atoms with van der Waals surface area (Å²) in [7, 11) is -9.42. The molecular weight excluding hydrogens is 265 g/mol. The van der Waals surface area contributed by atoms with Gasteiger partial charge >= 0.3 is 88.7 Å². The summed E-state index contributed by atoms with van der Waals surface area (Å²) in [4.78, 5) is 0. The van der Waals surface area contributed by atoms with E-state index >= 15 is 0 Å². The Kier molecular flexibility index (Phi) is 17.9. The molecule has 0 aromatic heterocycles. The third kappa shape index (κ3) is 10.0. The Morgan fingerprint density at radius 1 is 0.929 bits per heavy atom. The van der Waals surface area contributed by atoms with E-state index in [-0.39, 0.29) is 88.7 Å². The first-order valence-electron chi connectivity index (χ1n) is 2.62. The van der Waals surface area contributed by atoms with Crippen LogP contribution in [0.4, 0.5) is 0 Å². The molecule has 0 heterocycles. The third-order valence-corrected chi connectivity index (χ3v) is 4.45. The number of hydrogen-bond acceptors (Lipinski definition) is 4. The fourth-order valence-corrected chi connectivity index (χ4v) is 2.65. The molecule has 14 heavy (non-hydrogen) atoms. The molecule has 0 saturated carbocycles. The van der Waals surface area contributed by atoms with Gasteiger partial charge < -0.3 is 0 Å². The summed E-state index contributed by atoms with van der Waals surface area (Å²) in [5.41, 5.74) is 0. The van der Waals surface area contributed by atoms with Crippen molar-refractivity contribution in [1.82, 2.24) is 0 Å². The van der Waals surface area contributed by atoms with Gasteiger partial charge in [0.15, 0.2) is 0 Å². The molecule has 11 heteroatoms. The molecular formula is C3H11Na3O6S2. The van der Waals surface area contributed by atoms with E-state index in [1.54, 1.807) is 0 Å². The first kappa shape index (κ1) is 25.6. The average molecular weight is 276 g/mol. The van der Waals surface area contributed by atoms with Crippen molar-refractivity contribution in [3.63, 3.8) is 0 Å². The van der Waals surface area contributed by atoms with E-state index in [0.717, 1.165) is 0 Å². The summed E-state index contributed by atoms with van der Waals surface area (Å²) in [5, 5.41) is 0. The summed E-state index contributed by atoms with van der Waals surface area (Å²) >= 11 is 0. The Morgan fingerprint density at radius 2 is 1.14 bits per heavy atom. The molecule has 0 rings (SSSR count). The molecule has 0 radical (unpaired) electrons. The van der Waals surface area contributed by atoms with Crippen LogP contribution in [0.3, 0.4) is 0 Å². The van der Waals surface area contributed by atoms with E-state index in [4.69, 9.17) is 9.11 Å². The van der Waals surface area contributed by atoms with Crippen molar-refractivity contribution in [2.75, 3.05) is 0 Å². The van der Waals surface area contributed by atoms with Crippen LogP contribution in [-0.2, 0) is 20.2 Å². The van der Waals surface area contributed by atoms with Crippen LogP contribution in [0.15, 0.2) is 0 Å². The van der Waals surface area contributed by atoms with E-state index in [9.17, 15) is 16.8 Å². The molecule has 0 unspecified atom stereocenters. The third-order valence-electron chi connectivity index (χ3n) is 0.998. The second-order valence-corrected chi connectivity index (χ2v) is 5.36.